The first kappa shape index (κ1) is 13.2. The van der Waals surface area contributed by atoms with Gasteiger partial charge in [-0.05, 0) is 18.9 Å². The predicted molar refractivity (Wildman–Crippen MR) is 71.5 cm³/mol. The second-order valence-electron chi connectivity index (χ2n) is 4.73. The lowest BCUT2D eigenvalue weighted by Crippen LogP contribution is -2.01. The number of ether oxygens (including phenoxy) is 1. The average molecular weight is 290 g/mol. The van der Waals surface area contributed by atoms with Crippen LogP contribution in [0, 0.1) is 15.9 Å². The molecule has 1 aliphatic rings. The molecule has 1 aliphatic carbocycles. The predicted octanol–water partition coefficient (Wildman–Crippen LogP) is 2.78. The van der Waals surface area contributed by atoms with Crippen LogP contribution in [0.2, 0.25) is 0 Å². The molecule has 0 spiro atoms. The van der Waals surface area contributed by atoms with E-state index >= 15 is 0 Å². The number of nitrogens with zero attached hydrogens (tertiary/aromatic N) is 3. The van der Waals surface area contributed by atoms with Crippen LogP contribution in [-0.2, 0) is 0 Å². The van der Waals surface area contributed by atoms with E-state index in [1.165, 1.54) is 6.07 Å². The third-order valence-corrected chi connectivity index (χ3v) is 3.02. The average Bonchev–Trinajstić information content (AvgIpc) is 3.21. The Morgan fingerprint density at radius 3 is 2.76 bits per heavy atom. The topological polar surface area (TPSA) is 104 Å². The third kappa shape index (κ3) is 2.88. The summed E-state index contributed by atoms with van der Waals surface area (Å²) in [6, 6.07) is 4.32. The number of nitrogens with two attached hydrogens (primary N) is 1. The number of nitro groups is 1. The second-order valence-corrected chi connectivity index (χ2v) is 4.73. The van der Waals surface area contributed by atoms with Gasteiger partial charge in [0.15, 0.2) is 0 Å². The van der Waals surface area contributed by atoms with Gasteiger partial charge in [-0.3, -0.25) is 10.1 Å². The van der Waals surface area contributed by atoms with E-state index in [9.17, 15) is 14.5 Å². The Balaban J connectivity index is 1.96. The molecule has 21 heavy (non-hydrogen) atoms. The minimum absolute atomic E-state index is 0.0677. The molecular formula is C13H11FN4O3. The van der Waals surface area contributed by atoms with E-state index in [0.717, 1.165) is 31.0 Å². The summed E-state index contributed by atoms with van der Waals surface area (Å²) in [5.74, 6) is 0.210. The quantitative estimate of drug-likeness (QED) is 0.685. The molecule has 1 aromatic carbocycles. The molecular weight excluding hydrogens is 279 g/mol. The number of nitrogen functional groups attached to an aromatic ring is 1. The highest BCUT2D eigenvalue weighted by Gasteiger charge is 2.28. The van der Waals surface area contributed by atoms with Crippen molar-refractivity contribution in [3.63, 3.8) is 0 Å². The number of hydrogen-bond acceptors (Lipinski definition) is 6. The van der Waals surface area contributed by atoms with E-state index in [2.05, 4.69) is 9.97 Å². The van der Waals surface area contributed by atoms with Crippen molar-refractivity contribution >= 4 is 11.5 Å². The molecule has 0 unspecified atom stereocenters. The smallest absolute Gasteiger partial charge is 0.311 e. The van der Waals surface area contributed by atoms with Crippen molar-refractivity contribution in [2.24, 2.45) is 0 Å². The fraction of sp³-hybridized carbons (Fsp3) is 0.231. The number of benzene rings is 1. The van der Waals surface area contributed by atoms with Gasteiger partial charge in [0.05, 0.1) is 4.92 Å². The largest absolute Gasteiger partial charge is 0.431 e. The molecule has 1 heterocycles. The summed E-state index contributed by atoms with van der Waals surface area (Å²) in [5.41, 5.74) is 5.32. The van der Waals surface area contributed by atoms with E-state index in [0.29, 0.717) is 5.82 Å². The van der Waals surface area contributed by atoms with Crippen LogP contribution in [-0.4, -0.2) is 14.9 Å². The molecule has 2 N–H and O–H groups in total. The van der Waals surface area contributed by atoms with Gasteiger partial charge in [-0.25, -0.2) is 9.37 Å². The van der Waals surface area contributed by atoms with Crippen LogP contribution in [0.5, 0.6) is 11.6 Å². The zero-order valence-electron chi connectivity index (χ0n) is 10.8. The monoisotopic (exact) mass is 290 g/mol. The van der Waals surface area contributed by atoms with Crippen LogP contribution in [0.1, 0.15) is 24.6 Å². The first-order valence-electron chi connectivity index (χ1n) is 6.29. The van der Waals surface area contributed by atoms with Gasteiger partial charge in [0.2, 0.25) is 11.6 Å². The molecule has 0 saturated heterocycles. The summed E-state index contributed by atoms with van der Waals surface area (Å²) >= 11 is 0. The highest BCUT2D eigenvalue weighted by atomic mass is 19.1. The number of halogens is 1. The maximum absolute atomic E-state index is 13.3. The molecule has 1 saturated carbocycles. The Kier molecular flexibility index (Phi) is 3.13. The SMILES string of the molecule is Nc1cc(Oc2cc(F)ccc2[N+](=O)[O-])nc(C2CC2)n1. The Labute approximate surface area is 118 Å². The van der Waals surface area contributed by atoms with Crippen molar-refractivity contribution in [3.05, 3.63) is 46.0 Å². The van der Waals surface area contributed by atoms with Crippen LogP contribution in [0.25, 0.3) is 0 Å². The van der Waals surface area contributed by atoms with E-state index in [1.807, 2.05) is 0 Å². The molecule has 108 valence electrons. The van der Waals surface area contributed by atoms with Crippen LogP contribution in [0.15, 0.2) is 24.3 Å². The van der Waals surface area contributed by atoms with Gasteiger partial charge in [-0.2, -0.15) is 4.98 Å². The summed E-state index contributed by atoms with van der Waals surface area (Å²) < 4.78 is 18.6. The summed E-state index contributed by atoms with van der Waals surface area (Å²) in [7, 11) is 0. The molecule has 2 aromatic rings. The van der Waals surface area contributed by atoms with Crippen molar-refractivity contribution in [3.8, 4) is 11.6 Å². The number of anilines is 1. The number of rotatable bonds is 4. The number of aromatic nitrogens is 2. The normalized spacial score (nSPS) is 14.0. The Bertz CT molecular complexity index is 719. The highest BCUT2D eigenvalue weighted by Crippen LogP contribution is 2.39. The molecule has 0 radical (unpaired) electrons. The van der Waals surface area contributed by atoms with Gasteiger partial charge in [0.25, 0.3) is 0 Å². The van der Waals surface area contributed by atoms with Gasteiger partial charge < -0.3 is 10.5 Å². The van der Waals surface area contributed by atoms with E-state index in [4.69, 9.17) is 10.5 Å². The summed E-state index contributed by atoms with van der Waals surface area (Å²) in [4.78, 5) is 18.5. The van der Waals surface area contributed by atoms with Gasteiger partial charge in [-0.1, -0.05) is 0 Å². The van der Waals surface area contributed by atoms with Gasteiger partial charge in [-0.15, -0.1) is 0 Å². The summed E-state index contributed by atoms with van der Waals surface area (Å²) in [5, 5.41) is 10.9. The standard InChI is InChI=1S/C13H11FN4O3/c14-8-3-4-9(18(19)20)10(5-8)21-12-6-11(15)16-13(17-12)7-1-2-7/h3-7H,1-2H2,(H2,15,16,17). The maximum atomic E-state index is 13.3. The zero-order valence-corrected chi connectivity index (χ0v) is 10.8. The fourth-order valence-corrected chi connectivity index (χ4v) is 1.87. The Morgan fingerprint density at radius 1 is 1.33 bits per heavy atom. The summed E-state index contributed by atoms with van der Waals surface area (Å²) in [6.45, 7) is 0. The fourth-order valence-electron chi connectivity index (χ4n) is 1.87. The van der Waals surface area contributed by atoms with Crippen molar-refractivity contribution in [2.45, 2.75) is 18.8 Å². The molecule has 7 nitrogen and oxygen atoms in total. The molecule has 0 amide bonds. The second kappa shape index (κ2) is 4.97. The van der Waals surface area contributed by atoms with E-state index < -0.39 is 10.7 Å². The molecule has 0 atom stereocenters. The van der Waals surface area contributed by atoms with Crippen molar-refractivity contribution in [2.75, 3.05) is 5.73 Å². The molecule has 3 rings (SSSR count). The van der Waals surface area contributed by atoms with Crippen molar-refractivity contribution < 1.29 is 14.1 Å². The zero-order chi connectivity index (χ0) is 15.0. The third-order valence-electron chi connectivity index (χ3n) is 3.02. The van der Waals surface area contributed by atoms with Crippen LogP contribution >= 0.6 is 0 Å². The number of hydrogen-bond donors (Lipinski definition) is 1. The first-order chi connectivity index (χ1) is 10.0. The van der Waals surface area contributed by atoms with Crippen LogP contribution in [0.3, 0.4) is 0 Å². The molecule has 0 aliphatic heterocycles. The minimum atomic E-state index is -0.652. The van der Waals surface area contributed by atoms with Crippen molar-refractivity contribution in [1.82, 2.24) is 9.97 Å². The Morgan fingerprint density at radius 2 is 2.10 bits per heavy atom. The van der Waals surface area contributed by atoms with Crippen LogP contribution < -0.4 is 10.5 Å². The lowest BCUT2D eigenvalue weighted by atomic mass is 10.3. The van der Waals surface area contributed by atoms with Gasteiger partial charge in [0, 0.05) is 24.1 Å². The van der Waals surface area contributed by atoms with Gasteiger partial charge in [0.1, 0.15) is 17.5 Å². The molecule has 1 fully saturated rings. The van der Waals surface area contributed by atoms with Gasteiger partial charge >= 0.3 is 5.69 Å². The lowest BCUT2D eigenvalue weighted by Gasteiger charge is -2.07. The molecule has 1 aromatic heterocycles. The first-order valence-corrected chi connectivity index (χ1v) is 6.29. The minimum Gasteiger partial charge on any atom is -0.431 e. The van der Waals surface area contributed by atoms with Crippen molar-refractivity contribution in [1.29, 1.82) is 0 Å². The highest BCUT2D eigenvalue weighted by molar-refractivity contribution is 5.48. The summed E-state index contributed by atoms with van der Waals surface area (Å²) in [6.07, 6.45) is 1.95. The maximum Gasteiger partial charge on any atom is 0.311 e. The molecule has 8 heteroatoms. The van der Waals surface area contributed by atoms with Crippen LogP contribution in [0.4, 0.5) is 15.9 Å². The molecule has 0 bridgehead atoms. The van der Waals surface area contributed by atoms with E-state index in [1.54, 1.807) is 0 Å². The Hall–Kier alpha value is -2.77. The van der Waals surface area contributed by atoms with E-state index in [-0.39, 0.29) is 29.1 Å². The lowest BCUT2D eigenvalue weighted by molar-refractivity contribution is -0.385. The number of nitro benzene ring substituents is 1.